The minimum absolute atomic E-state index is 0.0840. The molecule has 3 aromatic carbocycles. The van der Waals surface area contributed by atoms with Crippen LogP contribution in [0.4, 0.5) is 13.2 Å². The minimum Gasteiger partial charge on any atom is -0.406 e. The highest BCUT2D eigenvalue weighted by Crippen LogP contribution is 2.37. The van der Waals surface area contributed by atoms with E-state index < -0.39 is 17.8 Å². The number of halogens is 4. The molecule has 37 heavy (non-hydrogen) atoms. The smallest absolute Gasteiger partial charge is 0.406 e. The predicted octanol–water partition coefficient (Wildman–Crippen LogP) is 7.71. The van der Waals surface area contributed by atoms with E-state index in [1.54, 1.807) is 19.9 Å². The molecule has 4 nitrogen and oxygen atoms in total. The van der Waals surface area contributed by atoms with Crippen molar-refractivity contribution < 1.29 is 17.9 Å². The quantitative estimate of drug-likeness (QED) is 0.310. The molecule has 0 aliphatic heterocycles. The molecule has 0 aliphatic carbocycles. The summed E-state index contributed by atoms with van der Waals surface area (Å²) < 4.78 is 41.9. The van der Waals surface area contributed by atoms with Crippen molar-refractivity contribution in [2.75, 3.05) is 0 Å². The highest BCUT2D eigenvalue weighted by molar-refractivity contribution is 6.30. The standard InChI is InChI=1S/C29H27ClF3N3O/c1-19(26(16-20-7-11-24(30)12-8-20)23-6-4-5-21(15-23)17-34)36-27(28(2,3)18-35)22-9-13-25(14-10-22)37-29(31,32)33/h4-15,19,26-27,36H,16H2,1-3H3/t19-,26+,27?/m0/s1. The van der Waals surface area contributed by atoms with E-state index in [2.05, 4.69) is 22.2 Å². The predicted molar refractivity (Wildman–Crippen MR) is 137 cm³/mol. The zero-order valence-electron chi connectivity index (χ0n) is 20.7. The molecule has 1 unspecified atom stereocenters. The van der Waals surface area contributed by atoms with Crippen LogP contribution in [0.1, 0.15) is 55.0 Å². The van der Waals surface area contributed by atoms with Crippen LogP contribution in [0.2, 0.25) is 5.02 Å². The van der Waals surface area contributed by atoms with Gasteiger partial charge in [0.2, 0.25) is 0 Å². The zero-order chi connectivity index (χ0) is 27.2. The van der Waals surface area contributed by atoms with E-state index in [4.69, 9.17) is 11.6 Å². The van der Waals surface area contributed by atoms with Crippen molar-refractivity contribution in [3.63, 3.8) is 0 Å². The molecule has 0 radical (unpaired) electrons. The second kappa shape index (κ2) is 11.7. The lowest BCUT2D eigenvalue weighted by Crippen LogP contribution is -2.42. The summed E-state index contributed by atoms with van der Waals surface area (Å²) in [6.07, 6.45) is -4.15. The normalized spacial score (nSPS) is 14.2. The Morgan fingerprint density at radius 3 is 2.16 bits per heavy atom. The molecule has 0 saturated carbocycles. The fourth-order valence-corrected chi connectivity index (χ4v) is 4.45. The molecule has 0 fully saturated rings. The number of alkyl halides is 3. The van der Waals surface area contributed by atoms with E-state index in [1.807, 2.05) is 49.4 Å². The lowest BCUT2D eigenvalue weighted by molar-refractivity contribution is -0.274. The molecular formula is C29H27ClF3N3O. The van der Waals surface area contributed by atoms with Crippen LogP contribution in [0.5, 0.6) is 5.75 Å². The molecule has 0 saturated heterocycles. The molecule has 0 aliphatic rings. The van der Waals surface area contributed by atoms with Crippen molar-refractivity contribution in [1.29, 1.82) is 10.5 Å². The molecule has 0 heterocycles. The minimum atomic E-state index is -4.79. The number of nitriles is 2. The average molecular weight is 526 g/mol. The van der Waals surface area contributed by atoms with Crippen LogP contribution in [0.25, 0.3) is 0 Å². The SMILES string of the molecule is C[C@H](NC(c1ccc(OC(F)(F)F)cc1)C(C)(C)C#N)[C@@H](Cc1ccc(Cl)cc1)c1cccc(C#N)c1. The maximum Gasteiger partial charge on any atom is 0.573 e. The molecule has 192 valence electrons. The number of rotatable bonds is 9. The molecule has 3 atom stereocenters. The molecule has 0 amide bonds. The number of hydrogen-bond donors (Lipinski definition) is 1. The van der Waals surface area contributed by atoms with Gasteiger partial charge in [0.15, 0.2) is 0 Å². The highest BCUT2D eigenvalue weighted by Gasteiger charge is 2.35. The fourth-order valence-electron chi connectivity index (χ4n) is 4.32. The van der Waals surface area contributed by atoms with Crippen molar-refractivity contribution in [1.82, 2.24) is 5.32 Å². The van der Waals surface area contributed by atoms with Crippen molar-refractivity contribution in [2.45, 2.75) is 51.6 Å². The van der Waals surface area contributed by atoms with Crippen molar-refractivity contribution in [3.8, 4) is 17.9 Å². The maximum absolute atomic E-state index is 12.6. The molecule has 0 spiro atoms. The van der Waals surface area contributed by atoms with E-state index in [1.165, 1.54) is 24.3 Å². The first kappa shape index (κ1) is 28.1. The first-order chi connectivity index (χ1) is 17.4. The van der Waals surface area contributed by atoms with Gasteiger partial charge in [0.25, 0.3) is 0 Å². The van der Waals surface area contributed by atoms with Crippen molar-refractivity contribution in [3.05, 3.63) is 100 Å². The maximum atomic E-state index is 12.6. The summed E-state index contributed by atoms with van der Waals surface area (Å²) in [5.41, 5.74) is 2.32. The Kier molecular flexibility index (Phi) is 8.86. The zero-order valence-corrected chi connectivity index (χ0v) is 21.4. The molecule has 3 rings (SSSR count). The molecule has 0 aromatic heterocycles. The fraction of sp³-hybridized carbons (Fsp3) is 0.310. The Labute approximate surface area is 220 Å². The van der Waals surface area contributed by atoms with E-state index in [-0.39, 0.29) is 17.7 Å². The second-order valence-electron chi connectivity index (χ2n) is 9.51. The van der Waals surface area contributed by atoms with Crippen molar-refractivity contribution >= 4 is 11.6 Å². The van der Waals surface area contributed by atoms with Crippen LogP contribution < -0.4 is 10.1 Å². The van der Waals surface area contributed by atoms with Gasteiger partial charge in [-0.3, -0.25) is 0 Å². The molecular weight excluding hydrogens is 499 g/mol. The van der Waals surface area contributed by atoms with Gasteiger partial charge in [0, 0.05) is 17.0 Å². The summed E-state index contributed by atoms with van der Waals surface area (Å²) >= 11 is 6.07. The lowest BCUT2D eigenvalue weighted by Gasteiger charge is -2.36. The Bertz CT molecular complexity index is 1280. The average Bonchev–Trinajstić information content (AvgIpc) is 2.86. The van der Waals surface area contributed by atoms with Gasteiger partial charge in [-0.05, 0) is 80.3 Å². The van der Waals surface area contributed by atoms with Gasteiger partial charge in [-0.15, -0.1) is 13.2 Å². The summed E-state index contributed by atoms with van der Waals surface area (Å²) in [7, 11) is 0. The van der Waals surface area contributed by atoms with E-state index in [0.29, 0.717) is 22.6 Å². The van der Waals surface area contributed by atoms with Crippen LogP contribution in [-0.2, 0) is 6.42 Å². The van der Waals surface area contributed by atoms with Gasteiger partial charge in [-0.25, -0.2) is 0 Å². The van der Waals surface area contributed by atoms with Gasteiger partial charge in [-0.2, -0.15) is 10.5 Å². The van der Waals surface area contributed by atoms with Crippen LogP contribution in [0.3, 0.4) is 0 Å². The molecule has 3 aromatic rings. The van der Waals surface area contributed by atoms with Crippen LogP contribution in [0, 0.1) is 28.1 Å². The van der Waals surface area contributed by atoms with Gasteiger partial charge in [-0.1, -0.05) is 48.0 Å². The Balaban J connectivity index is 1.96. The Morgan fingerprint density at radius 1 is 0.946 bits per heavy atom. The van der Waals surface area contributed by atoms with E-state index in [9.17, 15) is 23.7 Å². The second-order valence-corrected chi connectivity index (χ2v) is 9.95. The van der Waals surface area contributed by atoms with Gasteiger partial charge in [0.1, 0.15) is 5.75 Å². The number of ether oxygens (including phenoxy) is 1. The summed E-state index contributed by atoms with van der Waals surface area (Å²) in [4.78, 5) is 0. The van der Waals surface area contributed by atoms with E-state index >= 15 is 0 Å². The third-order valence-electron chi connectivity index (χ3n) is 6.30. The molecule has 1 N–H and O–H groups in total. The summed E-state index contributed by atoms with van der Waals surface area (Å²) in [5.74, 6) is -0.411. The highest BCUT2D eigenvalue weighted by atomic mass is 35.5. The number of nitrogens with one attached hydrogen (secondary N) is 1. The third-order valence-corrected chi connectivity index (χ3v) is 6.55. The first-order valence-corrected chi connectivity index (χ1v) is 12.1. The molecule has 0 bridgehead atoms. The van der Waals surface area contributed by atoms with E-state index in [0.717, 1.165) is 11.1 Å². The lowest BCUT2D eigenvalue weighted by atomic mass is 9.79. The summed E-state index contributed by atoms with van der Waals surface area (Å²) in [5, 5.41) is 23.5. The van der Waals surface area contributed by atoms with Crippen LogP contribution in [0.15, 0.2) is 72.8 Å². The van der Waals surface area contributed by atoms with Crippen molar-refractivity contribution in [2.24, 2.45) is 5.41 Å². The van der Waals surface area contributed by atoms with Crippen LogP contribution >= 0.6 is 11.6 Å². The topological polar surface area (TPSA) is 68.8 Å². The largest absolute Gasteiger partial charge is 0.573 e. The van der Waals surface area contributed by atoms with Gasteiger partial charge < -0.3 is 10.1 Å². The summed E-state index contributed by atoms with van der Waals surface area (Å²) in [6, 6.07) is 24.3. The van der Waals surface area contributed by atoms with Gasteiger partial charge >= 0.3 is 6.36 Å². The Hall–Kier alpha value is -3.52. The number of benzene rings is 3. The van der Waals surface area contributed by atoms with Gasteiger partial charge in [0.05, 0.1) is 29.2 Å². The summed E-state index contributed by atoms with van der Waals surface area (Å²) in [6.45, 7) is 5.56. The Morgan fingerprint density at radius 2 is 1.59 bits per heavy atom. The number of nitrogens with zero attached hydrogens (tertiary/aromatic N) is 2. The third kappa shape index (κ3) is 7.73. The monoisotopic (exact) mass is 525 g/mol. The first-order valence-electron chi connectivity index (χ1n) is 11.7. The van der Waals surface area contributed by atoms with Crippen LogP contribution in [-0.4, -0.2) is 12.4 Å². The molecule has 8 heteroatoms. The number of hydrogen-bond acceptors (Lipinski definition) is 4.